The topological polar surface area (TPSA) is 79.3 Å². The first kappa shape index (κ1) is 29.7. The Morgan fingerprint density at radius 2 is 1.41 bits per heavy atom. The number of nitrogens with one attached hydrogen (secondary N) is 1. The van der Waals surface area contributed by atoms with Crippen LogP contribution in [0.2, 0.25) is 0 Å². The van der Waals surface area contributed by atoms with E-state index in [4.69, 9.17) is 19.1 Å². The first-order valence-electron chi connectivity index (χ1n) is 15.6. The van der Waals surface area contributed by atoms with Gasteiger partial charge in [0.15, 0.2) is 5.84 Å². The maximum absolute atomic E-state index is 10.7. The summed E-state index contributed by atoms with van der Waals surface area (Å²) < 4.78 is 12.7. The van der Waals surface area contributed by atoms with Crippen molar-refractivity contribution in [3.63, 3.8) is 0 Å². The fourth-order valence-electron chi connectivity index (χ4n) is 5.62. The largest absolute Gasteiger partial charge is 0.456 e. The molecule has 0 fully saturated rings. The van der Waals surface area contributed by atoms with Crippen LogP contribution in [-0.2, 0) is 4.65 Å². The van der Waals surface area contributed by atoms with Gasteiger partial charge >= 0.3 is 7.48 Å². The number of rotatable bonds is 8. The second-order valence-corrected chi connectivity index (χ2v) is 12.8. The first-order chi connectivity index (χ1) is 22.2. The highest BCUT2D eigenvalue weighted by molar-refractivity contribution is 6.48. The molecule has 0 bridgehead atoms. The van der Waals surface area contributed by atoms with Gasteiger partial charge < -0.3 is 19.5 Å². The molecule has 5 aromatic carbocycles. The Kier molecular flexibility index (Phi) is 7.59. The Labute approximate surface area is 269 Å². The summed E-state index contributed by atoms with van der Waals surface area (Å²) in [4.78, 5) is 10.0. The van der Waals surface area contributed by atoms with E-state index in [9.17, 15) is 5.11 Å². The van der Waals surface area contributed by atoms with Crippen LogP contribution in [-0.4, -0.2) is 35.5 Å². The maximum atomic E-state index is 10.7. The number of benzene rings is 5. The lowest BCUT2D eigenvalue weighted by Crippen LogP contribution is -2.49. The number of nitrogens with zero attached hydrogens (tertiary/aromatic N) is 2. The van der Waals surface area contributed by atoms with Gasteiger partial charge in [-0.05, 0) is 68.0 Å². The smallest absolute Gasteiger partial charge is 0.309 e. The van der Waals surface area contributed by atoms with E-state index in [0.29, 0.717) is 13.3 Å². The summed E-state index contributed by atoms with van der Waals surface area (Å²) in [6, 6.07) is 41.1. The molecule has 0 amide bonds. The number of hydrogen-bond acceptors (Lipinski definition) is 6. The van der Waals surface area contributed by atoms with Crippen LogP contribution >= 0.6 is 0 Å². The third kappa shape index (κ3) is 5.75. The van der Waals surface area contributed by atoms with Crippen molar-refractivity contribution in [3.05, 3.63) is 138 Å². The molecule has 1 unspecified atom stereocenters. The molecule has 0 radical (unpaired) electrons. The first-order valence-corrected chi connectivity index (χ1v) is 15.6. The number of aliphatic imine (C=N–C) groups is 2. The van der Waals surface area contributed by atoms with Crippen LogP contribution in [0.15, 0.2) is 136 Å². The lowest BCUT2D eigenvalue weighted by molar-refractivity contribution is -0.0893. The van der Waals surface area contributed by atoms with Crippen LogP contribution < -0.4 is 10.8 Å². The summed E-state index contributed by atoms with van der Waals surface area (Å²) in [7, 11) is 0.320. The van der Waals surface area contributed by atoms with Gasteiger partial charge in [0, 0.05) is 21.9 Å². The zero-order valence-corrected chi connectivity index (χ0v) is 26.5. The zero-order chi connectivity index (χ0) is 31.9. The summed E-state index contributed by atoms with van der Waals surface area (Å²) in [5.74, 6) is 1.44. The van der Waals surface area contributed by atoms with Crippen molar-refractivity contribution in [3.8, 4) is 11.1 Å². The van der Waals surface area contributed by atoms with Crippen LogP contribution in [0, 0.1) is 0 Å². The highest BCUT2D eigenvalue weighted by Crippen LogP contribution is 2.37. The highest BCUT2D eigenvalue weighted by Gasteiger charge is 2.35. The molecule has 228 valence electrons. The average molecular weight is 606 g/mol. The number of fused-ring (bicyclic) bond motifs is 3. The van der Waals surface area contributed by atoms with Crippen molar-refractivity contribution >= 4 is 46.6 Å². The molecule has 2 N–H and O–H groups in total. The molecule has 6 aromatic rings. The average Bonchev–Trinajstić information content (AvgIpc) is 3.46. The van der Waals surface area contributed by atoms with Crippen LogP contribution in [0.25, 0.3) is 33.1 Å². The van der Waals surface area contributed by atoms with Crippen LogP contribution in [0.5, 0.6) is 0 Å². The molecule has 0 saturated heterocycles. The SMILES string of the molecule is CC(C)(O)C(C)(C)OBc1cc(-c2cccc(C3=NC(c4ccccc4)=NC(c4ccccc4)N3)c2)c2c(c1)oc1ccccc12. The Bertz CT molecular complexity index is 2090. The third-order valence-electron chi connectivity index (χ3n) is 8.95. The van der Waals surface area contributed by atoms with Gasteiger partial charge in [-0.2, -0.15) is 0 Å². The molecule has 0 aliphatic carbocycles. The summed E-state index contributed by atoms with van der Waals surface area (Å²) in [5, 5.41) is 16.4. The van der Waals surface area contributed by atoms with Crippen LogP contribution in [0.1, 0.15) is 50.6 Å². The van der Waals surface area contributed by atoms with Crippen LogP contribution in [0.3, 0.4) is 0 Å². The number of para-hydroxylation sites is 1. The summed E-state index contributed by atoms with van der Waals surface area (Å²) >= 11 is 0. The van der Waals surface area contributed by atoms with E-state index in [1.54, 1.807) is 13.8 Å². The predicted molar refractivity (Wildman–Crippen MR) is 189 cm³/mol. The normalized spacial score (nSPS) is 15.4. The Hall–Kier alpha value is -4.98. The van der Waals surface area contributed by atoms with Gasteiger partial charge in [-0.25, -0.2) is 9.98 Å². The zero-order valence-electron chi connectivity index (χ0n) is 26.5. The van der Waals surface area contributed by atoms with Crippen molar-refractivity contribution in [2.24, 2.45) is 9.98 Å². The molecular formula is C39H36BN3O3. The molecule has 2 heterocycles. The highest BCUT2D eigenvalue weighted by atomic mass is 16.5. The molecular weight excluding hydrogens is 569 g/mol. The molecule has 46 heavy (non-hydrogen) atoms. The number of furan rings is 1. The maximum Gasteiger partial charge on any atom is 0.309 e. The molecule has 0 saturated carbocycles. The Morgan fingerprint density at radius 1 is 0.739 bits per heavy atom. The van der Waals surface area contributed by atoms with Crippen molar-refractivity contribution in [2.45, 2.75) is 45.1 Å². The summed E-state index contributed by atoms with van der Waals surface area (Å²) in [5.41, 5.74) is 5.86. The van der Waals surface area contributed by atoms with Gasteiger partial charge in [-0.15, -0.1) is 0 Å². The van der Waals surface area contributed by atoms with Crippen molar-refractivity contribution < 1.29 is 14.2 Å². The second-order valence-electron chi connectivity index (χ2n) is 12.8. The molecule has 0 spiro atoms. The molecule has 1 aliphatic heterocycles. The fourth-order valence-corrected chi connectivity index (χ4v) is 5.62. The van der Waals surface area contributed by atoms with E-state index in [-0.39, 0.29) is 6.17 Å². The van der Waals surface area contributed by atoms with Gasteiger partial charge in [-0.1, -0.05) is 103 Å². The number of aliphatic hydroxyl groups is 1. The van der Waals surface area contributed by atoms with E-state index in [1.807, 2.05) is 86.6 Å². The lowest BCUT2D eigenvalue weighted by Gasteiger charge is -2.37. The van der Waals surface area contributed by atoms with Gasteiger partial charge in [0.1, 0.15) is 23.2 Å². The molecule has 1 aromatic heterocycles. The van der Waals surface area contributed by atoms with Gasteiger partial charge in [0.05, 0.1) is 11.2 Å². The van der Waals surface area contributed by atoms with E-state index >= 15 is 0 Å². The van der Waals surface area contributed by atoms with Crippen molar-refractivity contribution in [1.82, 2.24) is 5.32 Å². The van der Waals surface area contributed by atoms with Gasteiger partial charge in [-0.3, -0.25) is 0 Å². The minimum Gasteiger partial charge on any atom is -0.456 e. The van der Waals surface area contributed by atoms with Gasteiger partial charge in [0.25, 0.3) is 0 Å². The summed E-state index contributed by atoms with van der Waals surface area (Å²) in [6.45, 7) is 7.35. The van der Waals surface area contributed by atoms with Crippen molar-refractivity contribution in [1.29, 1.82) is 0 Å². The fraction of sp³-hybridized carbons (Fsp3) is 0.179. The monoisotopic (exact) mass is 605 g/mol. The molecule has 6 nitrogen and oxygen atoms in total. The number of amidine groups is 2. The molecule has 1 aliphatic rings. The third-order valence-corrected chi connectivity index (χ3v) is 8.95. The van der Waals surface area contributed by atoms with E-state index in [2.05, 4.69) is 53.8 Å². The van der Waals surface area contributed by atoms with Crippen LogP contribution in [0.4, 0.5) is 0 Å². The molecule has 7 rings (SSSR count). The second kappa shape index (κ2) is 11.8. The minimum atomic E-state index is -1.01. The van der Waals surface area contributed by atoms with E-state index in [0.717, 1.165) is 61.1 Å². The quantitative estimate of drug-likeness (QED) is 0.179. The number of hydrogen-bond donors (Lipinski definition) is 2. The standard InChI is InChI=1S/C39H36BN3O3/c1-38(2,44)39(3,4)46-40-29-23-31(34-30-20-11-12-21-32(30)45-33(34)24-29)27-18-13-19-28(22-27)37-42-35(25-14-7-5-8-15-25)41-36(43-37)26-16-9-6-10-17-26/h5-24,35,40,44H,1-4H3,(H,41,42,43). The van der Waals surface area contributed by atoms with Gasteiger partial charge in [0.2, 0.25) is 0 Å². The summed E-state index contributed by atoms with van der Waals surface area (Å²) in [6.07, 6.45) is -0.281. The Morgan fingerprint density at radius 3 is 2.17 bits per heavy atom. The lowest BCUT2D eigenvalue weighted by atomic mass is 9.81. The Balaban J connectivity index is 1.33. The van der Waals surface area contributed by atoms with E-state index in [1.165, 1.54) is 0 Å². The predicted octanol–water partition coefficient (Wildman–Crippen LogP) is 7.29. The minimum absolute atomic E-state index is 0.281. The molecule has 7 heteroatoms. The molecule has 1 atom stereocenters. The van der Waals surface area contributed by atoms with E-state index < -0.39 is 11.2 Å². The van der Waals surface area contributed by atoms with Crippen molar-refractivity contribution in [2.75, 3.05) is 0 Å².